The molecule has 0 aliphatic heterocycles. The van der Waals surface area contributed by atoms with Crippen LogP contribution in [0.3, 0.4) is 0 Å². The van der Waals surface area contributed by atoms with E-state index in [1.165, 1.54) is 0 Å². The fourth-order valence-electron chi connectivity index (χ4n) is 2.29. The Kier molecular flexibility index (Phi) is 3.97. The van der Waals surface area contributed by atoms with Crippen LogP contribution < -0.4 is 5.32 Å². The van der Waals surface area contributed by atoms with E-state index in [-0.39, 0.29) is 11.9 Å². The fraction of sp³-hybridized carbons (Fsp3) is 0.235. The molecular formula is C17H19N5O. The Morgan fingerprint density at radius 1 is 1.26 bits per heavy atom. The minimum Gasteiger partial charge on any atom is -0.341 e. The summed E-state index contributed by atoms with van der Waals surface area (Å²) < 4.78 is 1.79. The zero-order valence-corrected chi connectivity index (χ0v) is 13.4. The van der Waals surface area contributed by atoms with Crippen molar-refractivity contribution in [2.75, 3.05) is 5.32 Å². The van der Waals surface area contributed by atoms with E-state index in [2.05, 4.69) is 20.4 Å². The van der Waals surface area contributed by atoms with Crippen molar-refractivity contribution in [3.05, 3.63) is 54.1 Å². The summed E-state index contributed by atoms with van der Waals surface area (Å²) in [5, 5.41) is 7.05. The number of amides is 1. The van der Waals surface area contributed by atoms with Gasteiger partial charge in [-0.25, -0.2) is 4.98 Å². The number of nitrogens with one attached hydrogen (secondary N) is 2. The maximum Gasteiger partial charge on any atom is 0.276 e. The lowest BCUT2D eigenvalue weighted by Crippen LogP contribution is -2.13. The highest BCUT2D eigenvalue weighted by atomic mass is 16.1. The summed E-state index contributed by atoms with van der Waals surface area (Å²) in [4.78, 5) is 20.0. The molecule has 6 heteroatoms. The van der Waals surface area contributed by atoms with E-state index >= 15 is 0 Å². The Balaban J connectivity index is 1.81. The standard InChI is InChI=1S/C17H19N5O/c1-11(2)22-10-14(9-18-22)20-17(23)15-12(3)19-16(21-15)13-7-5-4-6-8-13/h4-11H,1-3H3,(H,19,21)(H,20,23). The number of aromatic amines is 1. The molecular weight excluding hydrogens is 290 g/mol. The van der Waals surface area contributed by atoms with Gasteiger partial charge >= 0.3 is 0 Å². The quantitative estimate of drug-likeness (QED) is 0.775. The Morgan fingerprint density at radius 3 is 2.65 bits per heavy atom. The first-order valence-electron chi connectivity index (χ1n) is 7.52. The van der Waals surface area contributed by atoms with Gasteiger partial charge in [-0.2, -0.15) is 5.10 Å². The minimum absolute atomic E-state index is 0.246. The van der Waals surface area contributed by atoms with Crippen molar-refractivity contribution >= 4 is 11.6 Å². The molecule has 118 valence electrons. The summed E-state index contributed by atoms with van der Waals surface area (Å²) in [6, 6.07) is 9.97. The van der Waals surface area contributed by atoms with Gasteiger partial charge in [-0.05, 0) is 20.8 Å². The average molecular weight is 309 g/mol. The van der Waals surface area contributed by atoms with E-state index < -0.39 is 0 Å². The van der Waals surface area contributed by atoms with Crippen LogP contribution in [0, 0.1) is 6.92 Å². The summed E-state index contributed by atoms with van der Waals surface area (Å²) in [6.07, 6.45) is 3.45. The molecule has 1 amide bonds. The number of hydrogen-bond acceptors (Lipinski definition) is 3. The molecule has 2 N–H and O–H groups in total. The number of benzene rings is 1. The number of carbonyl (C=O) groups is 1. The summed E-state index contributed by atoms with van der Waals surface area (Å²) in [6.45, 7) is 5.90. The second-order valence-corrected chi connectivity index (χ2v) is 5.68. The van der Waals surface area contributed by atoms with Crippen LogP contribution in [0.1, 0.15) is 36.1 Å². The molecule has 3 aromatic rings. The molecule has 0 aliphatic rings. The topological polar surface area (TPSA) is 75.6 Å². The van der Waals surface area contributed by atoms with Crippen molar-refractivity contribution in [1.82, 2.24) is 19.7 Å². The third-order valence-electron chi connectivity index (χ3n) is 3.54. The number of anilines is 1. The summed E-state index contributed by atoms with van der Waals surface area (Å²) in [7, 11) is 0. The molecule has 0 atom stereocenters. The summed E-state index contributed by atoms with van der Waals surface area (Å²) in [5.41, 5.74) is 2.73. The van der Waals surface area contributed by atoms with Crippen LogP contribution in [0.15, 0.2) is 42.7 Å². The van der Waals surface area contributed by atoms with Gasteiger partial charge in [0.1, 0.15) is 11.5 Å². The van der Waals surface area contributed by atoms with E-state index in [0.717, 1.165) is 11.3 Å². The van der Waals surface area contributed by atoms with Gasteiger partial charge in [0.15, 0.2) is 0 Å². The average Bonchev–Trinajstić information content (AvgIpc) is 3.15. The van der Waals surface area contributed by atoms with Crippen LogP contribution in [-0.4, -0.2) is 25.7 Å². The third-order valence-corrected chi connectivity index (χ3v) is 3.54. The summed E-state index contributed by atoms with van der Waals surface area (Å²) in [5.74, 6) is 0.440. The molecule has 23 heavy (non-hydrogen) atoms. The molecule has 0 saturated carbocycles. The number of aryl methyl sites for hydroxylation is 1. The summed E-state index contributed by atoms with van der Waals surface area (Å²) >= 11 is 0. The molecule has 6 nitrogen and oxygen atoms in total. The smallest absolute Gasteiger partial charge is 0.276 e. The highest BCUT2D eigenvalue weighted by Crippen LogP contribution is 2.18. The van der Waals surface area contributed by atoms with E-state index in [1.54, 1.807) is 10.9 Å². The van der Waals surface area contributed by atoms with Crippen molar-refractivity contribution in [2.24, 2.45) is 0 Å². The zero-order valence-electron chi connectivity index (χ0n) is 13.4. The molecule has 2 heterocycles. The maximum absolute atomic E-state index is 12.4. The normalized spacial score (nSPS) is 11.0. The second-order valence-electron chi connectivity index (χ2n) is 5.68. The Bertz CT molecular complexity index is 817. The Hall–Kier alpha value is -2.89. The predicted molar refractivity (Wildman–Crippen MR) is 89.3 cm³/mol. The lowest BCUT2D eigenvalue weighted by Gasteiger charge is -2.03. The molecule has 0 fully saturated rings. The highest BCUT2D eigenvalue weighted by molar-refractivity contribution is 6.03. The molecule has 0 bridgehead atoms. The van der Waals surface area contributed by atoms with Gasteiger partial charge in [0.2, 0.25) is 0 Å². The van der Waals surface area contributed by atoms with Crippen LogP contribution >= 0.6 is 0 Å². The van der Waals surface area contributed by atoms with Crippen molar-refractivity contribution in [3.8, 4) is 11.4 Å². The van der Waals surface area contributed by atoms with Gasteiger partial charge in [-0.15, -0.1) is 0 Å². The van der Waals surface area contributed by atoms with Gasteiger partial charge in [-0.1, -0.05) is 30.3 Å². The number of nitrogens with zero attached hydrogens (tertiary/aromatic N) is 3. The van der Waals surface area contributed by atoms with Gasteiger partial charge in [0, 0.05) is 23.5 Å². The van der Waals surface area contributed by atoms with Gasteiger partial charge in [-0.3, -0.25) is 9.48 Å². The van der Waals surface area contributed by atoms with Gasteiger partial charge in [0.25, 0.3) is 5.91 Å². The molecule has 2 aromatic heterocycles. The van der Waals surface area contributed by atoms with Crippen molar-refractivity contribution in [1.29, 1.82) is 0 Å². The van der Waals surface area contributed by atoms with Crippen LogP contribution in [0.25, 0.3) is 11.4 Å². The molecule has 3 rings (SSSR count). The van der Waals surface area contributed by atoms with E-state index in [9.17, 15) is 4.79 Å². The first-order valence-corrected chi connectivity index (χ1v) is 7.52. The number of imidazole rings is 1. The minimum atomic E-state index is -0.246. The molecule has 1 aromatic carbocycles. The van der Waals surface area contributed by atoms with Crippen LogP contribution in [0.4, 0.5) is 5.69 Å². The van der Waals surface area contributed by atoms with Crippen molar-refractivity contribution < 1.29 is 4.79 Å². The lowest BCUT2D eigenvalue weighted by molar-refractivity contribution is 0.102. The van der Waals surface area contributed by atoms with Gasteiger partial charge in [0.05, 0.1) is 11.9 Å². The monoisotopic (exact) mass is 309 g/mol. The number of H-pyrrole nitrogens is 1. The first-order chi connectivity index (χ1) is 11.0. The Morgan fingerprint density at radius 2 is 2.00 bits per heavy atom. The van der Waals surface area contributed by atoms with Crippen molar-refractivity contribution in [3.63, 3.8) is 0 Å². The number of hydrogen-bond donors (Lipinski definition) is 2. The lowest BCUT2D eigenvalue weighted by atomic mass is 10.2. The van der Waals surface area contributed by atoms with Crippen LogP contribution in [0.2, 0.25) is 0 Å². The van der Waals surface area contributed by atoms with Crippen molar-refractivity contribution in [2.45, 2.75) is 26.8 Å². The second kappa shape index (κ2) is 6.08. The van der Waals surface area contributed by atoms with Gasteiger partial charge < -0.3 is 10.3 Å². The first kappa shape index (κ1) is 15.0. The fourth-order valence-corrected chi connectivity index (χ4v) is 2.29. The third kappa shape index (κ3) is 3.15. The SMILES string of the molecule is Cc1[nH]c(-c2ccccc2)nc1C(=O)Nc1cnn(C(C)C)c1. The van der Waals surface area contributed by atoms with E-state index in [4.69, 9.17) is 0 Å². The highest BCUT2D eigenvalue weighted by Gasteiger charge is 2.16. The Labute approximate surface area is 134 Å². The van der Waals surface area contributed by atoms with Crippen LogP contribution in [-0.2, 0) is 0 Å². The number of carbonyl (C=O) groups excluding carboxylic acids is 1. The maximum atomic E-state index is 12.4. The zero-order chi connectivity index (χ0) is 16.4. The molecule has 0 spiro atoms. The molecule has 0 radical (unpaired) electrons. The predicted octanol–water partition coefficient (Wildman–Crippen LogP) is 3.41. The van der Waals surface area contributed by atoms with E-state index in [0.29, 0.717) is 17.2 Å². The largest absolute Gasteiger partial charge is 0.341 e. The van der Waals surface area contributed by atoms with Crippen LogP contribution in [0.5, 0.6) is 0 Å². The molecule has 0 saturated heterocycles. The number of rotatable bonds is 4. The van der Waals surface area contributed by atoms with E-state index in [1.807, 2.05) is 57.3 Å². The molecule has 0 aliphatic carbocycles. The number of aromatic nitrogens is 4. The molecule has 0 unspecified atom stereocenters.